The Morgan fingerprint density at radius 2 is 1.61 bits per heavy atom. The van der Waals surface area contributed by atoms with Gasteiger partial charge in [0, 0.05) is 0 Å². The zero-order valence-corrected chi connectivity index (χ0v) is 26.7. The minimum Gasteiger partial charge on any atom is -0.444 e. The Labute approximate surface area is 248 Å². The number of benzene rings is 2. The van der Waals surface area contributed by atoms with Crippen molar-refractivity contribution in [3.05, 3.63) is 70.3 Å². The highest BCUT2D eigenvalue weighted by molar-refractivity contribution is 7.41. The summed E-state index contributed by atoms with van der Waals surface area (Å²) in [7, 11) is -1.54. The van der Waals surface area contributed by atoms with Crippen LogP contribution in [0.2, 0.25) is 0 Å². The van der Waals surface area contributed by atoms with Crippen LogP contribution < -0.4 is 5.32 Å². The normalized spacial score (nSPS) is 19.0. The lowest BCUT2D eigenvalue weighted by Crippen LogP contribution is -2.56. The lowest BCUT2D eigenvalue weighted by Gasteiger charge is -2.41. The summed E-state index contributed by atoms with van der Waals surface area (Å²) in [5.74, 6) is 0.186. The van der Waals surface area contributed by atoms with Crippen LogP contribution >= 0.6 is 8.60 Å². The van der Waals surface area contributed by atoms with E-state index in [1.165, 1.54) is 55.2 Å². The molecular weight excluding hydrogens is 533 g/mol. The fourth-order valence-corrected chi connectivity index (χ4v) is 6.88. The zero-order valence-electron chi connectivity index (χ0n) is 25.8. The molecule has 0 saturated carbocycles. The van der Waals surface area contributed by atoms with E-state index in [9.17, 15) is 4.79 Å². The van der Waals surface area contributed by atoms with Gasteiger partial charge in [-0.3, -0.25) is 0 Å². The van der Waals surface area contributed by atoms with Crippen LogP contribution in [0.4, 0.5) is 4.79 Å². The summed E-state index contributed by atoms with van der Waals surface area (Å²) in [6, 6.07) is 15.2. The Balaban J connectivity index is 1.39. The summed E-state index contributed by atoms with van der Waals surface area (Å²) >= 11 is 0. The van der Waals surface area contributed by atoms with E-state index in [2.05, 4.69) is 49.5 Å². The number of alkyl carbamates (subject to hydrolysis) is 1. The van der Waals surface area contributed by atoms with Gasteiger partial charge in [-0.05, 0) is 93.5 Å². The Morgan fingerprint density at radius 1 is 0.927 bits per heavy atom. The number of fused-ring (bicyclic) bond motifs is 2. The highest BCUT2D eigenvalue weighted by Crippen LogP contribution is 2.46. The predicted molar refractivity (Wildman–Crippen MR) is 166 cm³/mol. The number of hydrogen-bond donors (Lipinski definition) is 1. The second kappa shape index (κ2) is 15.0. The molecule has 2 aromatic carbocycles. The number of carbonyl (C=O) groups is 1. The number of rotatable bonds is 12. The topological polar surface area (TPSA) is 66.0 Å². The molecule has 4 rings (SSSR count). The molecule has 0 saturated heterocycles. The van der Waals surface area contributed by atoms with Gasteiger partial charge in [0.2, 0.25) is 0 Å². The molecule has 0 aromatic heterocycles. The number of nitrogens with one attached hydrogen (secondary N) is 1. The van der Waals surface area contributed by atoms with Gasteiger partial charge in [-0.15, -0.1) is 0 Å². The summed E-state index contributed by atoms with van der Waals surface area (Å²) < 4.78 is 24.0. The standard InChI is InChI=1S/C34H50NO5P/c1-6-7-8-9-10-11-14-26-17-18-28-22-31(20-19-27(28)21-26)34(5,35-32(36)40-33(2,3)4)25-39-41-37-23-29-15-12-13-16-30(29)24-38-41/h12-13,15-18,21,31H,6-11,14,19-20,22-25H2,1-5H3,(H,35,36). The van der Waals surface area contributed by atoms with E-state index in [1.807, 2.05) is 32.9 Å². The van der Waals surface area contributed by atoms with Gasteiger partial charge in [0.15, 0.2) is 0 Å². The van der Waals surface area contributed by atoms with Crippen LogP contribution in [-0.2, 0) is 50.8 Å². The molecule has 0 spiro atoms. The minimum atomic E-state index is -1.54. The summed E-state index contributed by atoms with van der Waals surface area (Å²) in [6.07, 6.45) is 11.5. The smallest absolute Gasteiger partial charge is 0.408 e. The van der Waals surface area contributed by atoms with Crippen molar-refractivity contribution in [3.8, 4) is 0 Å². The van der Waals surface area contributed by atoms with Crippen LogP contribution in [0.1, 0.15) is 107 Å². The Morgan fingerprint density at radius 3 is 2.29 bits per heavy atom. The molecule has 1 aliphatic carbocycles. The van der Waals surface area contributed by atoms with Gasteiger partial charge in [-0.1, -0.05) is 81.5 Å². The SMILES string of the molecule is CCCCCCCCc1ccc2c(c1)CCC(C(C)(COP1OCc3ccccc3CO1)NC(=O)OC(C)(C)C)C2. The molecule has 41 heavy (non-hydrogen) atoms. The van der Waals surface area contributed by atoms with E-state index in [1.54, 1.807) is 0 Å². The first-order valence-electron chi connectivity index (χ1n) is 15.5. The van der Waals surface area contributed by atoms with Crippen molar-refractivity contribution in [2.45, 2.75) is 123 Å². The second-order valence-corrected chi connectivity index (χ2v) is 14.1. The first-order chi connectivity index (χ1) is 19.6. The largest absolute Gasteiger partial charge is 0.444 e. The van der Waals surface area contributed by atoms with Crippen molar-refractivity contribution in [2.24, 2.45) is 5.92 Å². The number of carbonyl (C=O) groups excluding carboxylic acids is 1. The first-order valence-corrected chi connectivity index (χ1v) is 16.6. The quantitative estimate of drug-likeness (QED) is 0.200. The molecule has 0 bridgehead atoms. The van der Waals surface area contributed by atoms with Gasteiger partial charge in [-0.2, -0.15) is 0 Å². The molecule has 1 amide bonds. The van der Waals surface area contributed by atoms with Crippen molar-refractivity contribution in [1.29, 1.82) is 0 Å². The second-order valence-electron chi connectivity index (χ2n) is 12.9. The number of amides is 1. The van der Waals surface area contributed by atoms with Crippen LogP contribution in [0.5, 0.6) is 0 Å². The van der Waals surface area contributed by atoms with E-state index in [4.69, 9.17) is 18.3 Å². The molecule has 226 valence electrons. The lowest BCUT2D eigenvalue weighted by molar-refractivity contribution is 0.0313. The van der Waals surface area contributed by atoms with Gasteiger partial charge >= 0.3 is 14.7 Å². The molecule has 1 aliphatic heterocycles. The Kier molecular flexibility index (Phi) is 11.7. The van der Waals surface area contributed by atoms with Crippen molar-refractivity contribution in [3.63, 3.8) is 0 Å². The van der Waals surface area contributed by atoms with Crippen molar-refractivity contribution < 1.29 is 23.1 Å². The van der Waals surface area contributed by atoms with Gasteiger partial charge in [0.05, 0.1) is 25.4 Å². The van der Waals surface area contributed by atoms with Crippen LogP contribution in [-0.4, -0.2) is 23.8 Å². The maximum absolute atomic E-state index is 13.0. The van der Waals surface area contributed by atoms with Gasteiger partial charge in [-0.25, -0.2) is 4.79 Å². The molecule has 6 nitrogen and oxygen atoms in total. The molecule has 2 aromatic rings. The third-order valence-corrected chi connectivity index (χ3v) is 9.26. The molecule has 0 radical (unpaired) electrons. The van der Waals surface area contributed by atoms with Crippen LogP contribution in [0.25, 0.3) is 0 Å². The van der Waals surface area contributed by atoms with E-state index >= 15 is 0 Å². The number of aryl methyl sites for hydroxylation is 2. The van der Waals surface area contributed by atoms with Crippen molar-refractivity contribution >= 4 is 14.7 Å². The zero-order chi connectivity index (χ0) is 29.3. The number of unbranched alkanes of at least 4 members (excludes halogenated alkanes) is 5. The van der Waals surface area contributed by atoms with Crippen LogP contribution in [0.15, 0.2) is 42.5 Å². The number of hydrogen-bond acceptors (Lipinski definition) is 5. The predicted octanol–water partition coefficient (Wildman–Crippen LogP) is 8.97. The maximum Gasteiger partial charge on any atom is 0.408 e. The van der Waals surface area contributed by atoms with Crippen LogP contribution in [0, 0.1) is 5.92 Å². The molecule has 2 unspecified atom stereocenters. The third-order valence-electron chi connectivity index (χ3n) is 8.24. The monoisotopic (exact) mass is 583 g/mol. The summed E-state index contributed by atoms with van der Waals surface area (Å²) in [4.78, 5) is 13.0. The highest BCUT2D eigenvalue weighted by atomic mass is 31.2. The van der Waals surface area contributed by atoms with E-state index in [0.717, 1.165) is 36.8 Å². The third kappa shape index (κ3) is 9.78. The molecule has 2 atom stereocenters. The molecule has 2 aliphatic rings. The number of ether oxygens (including phenoxy) is 1. The fourth-order valence-electron chi connectivity index (χ4n) is 5.79. The Hall–Kier alpha value is -1.98. The molecule has 1 N–H and O–H groups in total. The van der Waals surface area contributed by atoms with E-state index < -0.39 is 25.8 Å². The average Bonchev–Trinajstić information content (AvgIpc) is 3.15. The highest BCUT2D eigenvalue weighted by Gasteiger charge is 2.40. The van der Waals surface area contributed by atoms with Crippen LogP contribution in [0.3, 0.4) is 0 Å². The maximum atomic E-state index is 13.0. The average molecular weight is 584 g/mol. The van der Waals surface area contributed by atoms with Gasteiger partial charge < -0.3 is 23.6 Å². The molecule has 7 heteroatoms. The summed E-state index contributed by atoms with van der Waals surface area (Å²) in [6.45, 7) is 11.2. The van der Waals surface area contributed by atoms with E-state index in [-0.39, 0.29) is 12.5 Å². The van der Waals surface area contributed by atoms with Gasteiger partial charge in [0.25, 0.3) is 0 Å². The van der Waals surface area contributed by atoms with Crippen molar-refractivity contribution in [1.82, 2.24) is 5.32 Å². The molecule has 0 fully saturated rings. The van der Waals surface area contributed by atoms with Crippen molar-refractivity contribution in [2.75, 3.05) is 6.61 Å². The van der Waals surface area contributed by atoms with Gasteiger partial charge in [0.1, 0.15) is 5.60 Å². The summed E-state index contributed by atoms with van der Waals surface area (Å²) in [5.41, 5.74) is 5.27. The minimum absolute atomic E-state index is 0.186. The molecule has 1 heterocycles. The fraction of sp³-hybridized carbons (Fsp3) is 0.618. The summed E-state index contributed by atoms with van der Waals surface area (Å²) in [5, 5.41) is 3.20. The molecular formula is C34H50NO5P. The first kappa shape index (κ1) is 31.9. The lowest BCUT2D eigenvalue weighted by atomic mass is 9.73. The van der Waals surface area contributed by atoms with E-state index in [0.29, 0.717) is 13.2 Å². The Bertz CT molecular complexity index is 1110.